The summed E-state index contributed by atoms with van der Waals surface area (Å²) >= 11 is 13.7. The molecule has 2 heterocycles. The molecule has 33 heavy (non-hydrogen) atoms. The van der Waals surface area contributed by atoms with Gasteiger partial charge in [-0.15, -0.1) is 11.3 Å². The Kier molecular flexibility index (Phi) is 7.23. The number of carbonyl (C=O) groups is 2. The molecule has 0 saturated carbocycles. The Morgan fingerprint density at radius 1 is 1.03 bits per heavy atom. The molecule has 0 N–H and O–H groups in total. The number of halogens is 2. The van der Waals surface area contributed by atoms with E-state index in [-0.39, 0.29) is 12.2 Å². The van der Waals surface area contributed by atoms with Gasteiger partial charge in [-0.05, 0) is 47.9 Å². The molecule has 0 fully saturated rings. The van der Waals surface area contributed by atoms with Crippen LogP contribution in [-0.2, 0) is 11.2 Å². The number of pyridine rings is 1. The van der Waals surface area contributed by atoms with Gasteiger partial charge in [0.1, 0.15) is 9.85 Å². The van der Waals surface area contributed by atoms with Crippen LogP contribution in [0.25, 0.3) is 22.4 Å². The highest BCUT2D eigenvalue weighted by Crippen LogP contribution is 2.37. The molecule has 2 aromatic heterocycles. The molecule has 4 aromatic rings. The molecule has 166 valence electrons. The Morgan fingerprint density at radius 3 is 2.67 bits per heavy atom. The number of nitrogens with zero attached hydrogens (tertiary/aromatic N) is 1. The second kappa shape index (κ2) is 10.3. The molecule has 4 nitrogen and oxygen atoms in total. The van der Waals surface area contributed by atoms with Gasteiger partial charge >= 0.3 is 5.97 Å². The van der Waals surface area contributed by atoms with Crippen LogP contribution in [0.3, 0.4) is 0 Å². The smallest absolute Gasteiger partial charge is 0.338 e. The first kappa shape index (κ1) is 23.2. The van der Waals surface area contributed by atoms with Crippen LogP contribution in [0, 0.1) is 0 Å². The minimum Gasteiger partial charge on any atom is -0.465 e. The van der Waals surface area contributed by atoms with Crippen LogP contribution in [0.1, 0.15) is 44.0 Å². The SMILES string of the molecule is COC(=O)c1ccccc1CCC(=O)c1cccc(/C=C/c2ccc3sc(Cl)c(Cl)c3n2)c1. The van der Waals surface area contributed by atoms with Gasteiger partial charge in [-0.25, -0.2) is 9.78 Å². The molecular weight excluding hydrogens is 477 g/mol. The Balaban J connectivity index is 1.47. The van der Waals surface area contributed by atoms with E-state index in [2.05, 4.69) is 4.98 Å². The van der Waals surface area contributed by atoms with Crippen LogP contribution in [0.5, 0.6) is 0 Å². The standard InChI is InChI=1S/C26H19Cl2NO3S/c1-32-26(31)20-8-3-2-6-17(20)10-13-21(30)18-7-4-5-16(15-18)9-11-19-12-14-22-24(29-19)23(27)25(28)33-22/h2-9,11-12,14-15H,10,13H2,1H3/b11-9+. The largest absolute Gasteiger partial charge is 0.465 e. The van der Waals surface area contributed by atoms with Gasteiger partial charge < -0.3 is 4.74 Å². The predicted molar refractivity (Wildman–Crippen MR) is 135 cm³/mol. The maximum Gasteiger partial charge on any atom is 0.338 e. The van der Waals surface area contributed by atoms with E-state index in [1.54, 1.807) is 18.2 Å². The number of ketones is 1. The zero-order chi connectivity index (χ0) is 23.4. The molecule has 4 rings (SSSR count). The van der Waals surface area contributed by atoms with Gasteiger partial charge in [0.2, 0.25) is 0 Å². The summed E-state index contributed by atoms with van der Waals surface area (Å²) in [5.74, 6) is -0.396. The number of ether oxygens (including phenoxy) is 1. The van der Waals surface area contributed by atoms with Crippen molar-refractivity contribution in [3.8, 4) is 0 Å². The van der Waals surface area contributed by atoms with Gasteiger partial charge in [0.15, 0.2) is 5.78 Å². The van der Waals surface area contributed by atoms with Crippen molar-refractivity contribution in [1.82, 2.24) is 4.98 Å². The monoisotopic (exact) mass is 495 g/mol. The van der Waals surface area contributed by atoms with Crippen molar-refractivity contribution in [2.24, 2.45) is 0 Å². The molecule has 0 spiro atoms. The maximum absolute atomic E-state index is 12.8. The molecule has 0 saturated heterocycles. The van der Waals surface area contributed by atoms with Crippen molar-refractivity contribution >= 4 is 68.7 Å². The normalized spacial score (nSPS) is 11.2. The van der Waals surface area contributed by atoms with Gasteiger partial charge in [0.25, 0.3) is 0 Å². The lowest BCUT2D eigenvalue weighted by Crippen LogP contribution is -2.08. The number of carbonyl (C=O) groups excluding carboxylic acids is 2. The summed E-state index contributed by atoms with van der Waals surface area (Å²) in [6.07, 6.45) is 4.52. The number of rotatable bonds is 7. The second-order valence-electron chi connectivity index (χ2n) is 7.30. The fraction of sp³-hybridized carbons (Fsp3) is 0.115. The van der Waals surface area contributed by atoms with Gasteiger partial charge in [0.05, 0.1) is 28.1 Å². The number of hydrogen-bond acceptors (Lipinski definition) is 5. The summed E-state index contributed by atoms with van der Waals surface area (Å²) in [6, 6.07) is 18.4. The highest BCUT2D eigenvalue weighted by Gasteiger charge is 2.13. The first-order chi connectivity index (χ1) is 16.0. The number of Topliss-reactive ketones (excluding diaryl/α,β-unsaturated/α-hetero) is 1. The van der Waals surface area contributed by atoms with Crippen molar-refractivity contribution in [2.45, 2.75) is 12.8 Å². The summed E-state index contributed by atoms with van der Waals surface area (Å²) < 4.78 is 6.29. The molecule has 7 heteroatoms. The molecule has 2 aromatic carbocycles. The average Bonchev–Trinajstić information content (AvgIpc) is 3.13. The van der Waals surface area contributed by atoms with Gasteiger partial charge in [-0.2, -0.15) is 0 Å². The fourth-order valence-corrected chi connectivity index (χ4v) is 4.88. The van der Waals surface area contributed by atoms with Crippen molar-refractivity contribution in [1.29, 1.82) is 0 Å². The van der Waals surface area contributed by atoms with Crippen LogP contribution in [0.4, 0.5) is 0 Å². The molecule has 0 radical (unpaired) electrons. The Morgan fingerprint density at radius 2 is 1.85 bits per heavy atom. The van der Waals surface area contributed by atoms with Crippen LogP contribution < -0.4 is 0 Å². The zero-order valence-corrected chi connectivity index (χ0v) is 20.0. The van der Waals surface area contributed by atoms with Crippen molar-refractivity contribution in [2.75, 3.05) is 7.11 Å². The van der Waals surface area contributed by atoms with Crippen molar-refractivity contribution in [3.63, 3.8) is 0 Å². The van der Waals surface area contributed by atoms with E-state index in [4.69, 9.17) is 27.9 Å². The third-order valence-corrected chi connectivity index (χ3v) is 7.09. The van der Waals surface area contributed by atoms with E-state index in [1.807, 2.05) is 54.6 Å². The van der Waals surface area contributed by atoms with Crippen molar-refractivity contribution < 1.29 is 14.3 Å². The molecule has 0 aliphatic carbocycles. The number of benzene rings is 2. The molecule has 0 aliphatic heterocycles. The van der Waals surface area contributed by atoms with Crippen molar-refractivity contribution in [3.05, 3.63) is 98.0 Å². The molecule has 0 unspecified atom stereocenters. The average molecular weight is 496 g/mol. The Hall–Kier alpha value is -2.99. The van der Waals surface area contributed by atoms with E-state index in [0.29, 0.717) is 32.4 Å². The van der Waals surface area contributed by atoms with E-state index in [0.717, 1.165) is 21.5 Å². The third kappa shape index (κ3) is 5.33. The van der Waals surface area contributed by atoms with Crippen LogP contribution in [0.2, 0.25) is 9.36 Å². The number of aryl methyl sites for hydroxylation is 1. The zero-order valence-electron chi connectivity index (χ0n) is 17.7. The minimum atomic E-state index is -0.400. The summed E-state index contributed by atoms with van der Waals surface area (Å²) in [5.41, 5.74) is 4.21. The lowest BCUT2D eigenvalue weighted by molar-refractivity contribution is 0.0599. The lowest BCUT2D eigenvalue weighted by Gasteiger charge is -2.07. The van der Waals surface area contributed by atoms with Gasteiger partial charge in [0, 0.05) is 12.0 Å². The second-order valence-corrected chi connectivity index (χ2v) is 9.34. The number of hydrogen-bond donors (Lipinski definition) is 0. The fourth-order valence-electron chi connectivity index (χ4n) is 3.47. The van der Waals surface area contributed by atoms with Crippen LogP contribution >= 0.6 is 34.5 Å². The van der Waals surface area contributed by atoms with Gasteiger partial charge in [-0.1, -0.05) is 65.7 Å². The molecular formula is C26H19Cl2NO3S. The highest BCUT2D eigenvalue weighted by atomic mass is 35.5. The maximum atomic E-state index is 12.8. The number of methoxy groups -OCH3 is 1. The topological polar surface area (TPSA) is 56.3 Å². The Labute approximate surface area is 205 Å². The van der Waals surface area contributed by atoms with Gasteiger partial charge in [-0.3, -0.25) is 4.79 Å². The lowest BCUT2D eigenvalue weighted by atomic mass is 9.98. The molecule has 0 amide bonds. The molecule has 0 aliphatic rings. The van der Waals surface area contributed by atoms with Crippen LogP contribution in [0.15, 0.2) is 60.7 Å². The summed E-state index contributed by atoms with van der Waals surface area (Å²) in [5, 5.41) is 0.466. The summed E-state index contributed by atoms with van der Waals surface area (Å²) in [4.78, 5) is 29.3. The Bertz CT molecular complexity index is 1380. The molecule has 0 bridgehead atoms. The highest BCUT2D eigenvalue weighted by molar-refractivity contribution is 7.23. The number of fused-ring (bicyclic) bond motifs is 1. The molecule has 0 atom stereocenters. The summed E-state index contributed by atoms with van der Waals surface area (Å²) in [7, 11) is 1.35. The quantitative estimate of drug-likeness (QED) is 0.198. The number of aromatic nitrogens is 1. The van der Waals surface area contributed by atoms with E-state index in [1.165, 1.54) is 18.4 Å². The first-order valence-corrected chi connectivity index (χ1v) is 11.8. The summed E-state index contributed by atoms with van der Waals surface area (Å²) in [6.45, 7) is 0. The first-order valence-electron chi connectivity index (χ1n) is 10.2. The minimum absolute atomic E-state index is 0.00385. The van der Waals surface area contributed by atoms with E-state index in [9.17, 15) is 9.59 Å². The third-order valence-electron chi connectivity index (χ3n) is 5.16. The van der Waals surface area contributed by atoms with E-state index < -0.39 is 5.97 Å². The number of thiophene rings is 1. The number of esters is 1. The van der Waals surface area contributed by atoms with Crippen LogP contribution in [-0.4, -0.2) is 23.8 Å². The predicted octanol–water partition coefficient (Wildman–Crippen LogP) is 7.38. The van der Waals surface area contributed by atoms with E-state index >= 15 is 0 Å².